The highest BCUT2D eigenvalue weighted by atomic mass is 79.9. The molecule has 0 aliphatic heterocycles. The van der Waals surface area contributed by atoms with Crippen molar-refractivity contribution < 1.29 is 14.3 Å². The third kappa shape index (κ3) is 3.96. The van der Waals surface area contributed by atoms with Crippen LogP contribution < -0.4 is 5.32 Å². The molecule has 6 heteroatoms. The fourth-order valence-corrected chi connectivity index (χ4v) is 2.45. The first kappa shape index (κ1) is 15.5. The molecule has 0 saturated carbocycles. The molecule has 0 saturated heterocycles. The molecule has 100 valence electrons. The summed E-state index contributed by atoms with van der Waals surface area (Å²) in [6.45, 7) is 1.75. The Balaban J connectivity index is 2.76. The zero-order chi connectivity index (χ0) is 13.7. The van der Waals surface area contributed by atoms with Gasteiger partial charge >= 0.3 is 0 Å². The van der Waals surface area contributed by atoms with Crippen LogP contribution in [0.1, 0.15) is 17.3 Å². The van der Waals surface area contributed by atoms with Crippen molar-refractivity contribution in [3.8, 4) is 0 Å². The standard InChI is InChI=1S/C12H15BrFNO2S/c1-7(11(6-16)18-2)15-12(17)9-4-3-8(13)5-10(9)14/h3-5,7,11,16H,6H2,1-2H3,(H,15,17). The molecule has 2 unspecified atom stereocenters. The Morgan fingerprint density at radius 3 is 2.78 bits per heavy atom. The molecule has 1 amide bonds. The molecule has 0 aliphatic carbocycles. The molecule has 1 rings (SSSR count). The third-order valence-electron chi connectivity index (χ3n) is 2.57. The fraction of sp³-hybridized carbons (Fsp3) is 0.417. The van der Waals surface area contributed by atoms with E-state index in [1.54, 1.807) is 13.0 Å². The van der Waals surface area contributed by atoms with Crippen molar-refractivity contribution in [2.24, 2.45) is 0 Å². The van der Waals surface area contributed by atoms with Crippen LogP contribution in [0, 0.1) is 5.82 Å². The molecule has 2 N–H and O–H groups in total. The van der Waals surface area contributed by atoms with Crippen LogP contribution in [0.3, 0.4) is 0 Å². The van der Waals surface area contributed by atoms with Gasteiger partial charge in [-0.25, -0.2) is 4.39 Å². The minimum Gasteiger partial charge on any atom is -0.395 e. The van der Waals surface area contributed by atoms with Crippen molar-refractivity contribution in [2.45, 2.75) is 18.2 Å². The maximum Gasteiger partial charge on any atom is 0.254 e. The van der Waals surface area contributed by atoms with E-state index >= 15 is 0 Å². The molecule has 3 nitrogen and oxygen atoms in total. The van der Waals surface area contributed by atoms with Crippen molar-refractivity contribution in [1.82, 2.24) is 5.32 Å². The van der Waals surface area contributed by atoms with Gasteiger partial charge in [0.25, 0.3) is 5.91 Å². The first-order chi connectivity index (χ1) is 8.49. The molecule has 0 bridgehead atoms. The van der Waals surface area contributed by atoms with Gasteiger partial charge in [0.2, 0.25) is 0 Å². The Kier molecular flexibility index (Phi) is 6.11. The lowest BCUT2D eigenvalue weighted by molar-refractivity contribution is 0.0932. The number of carbonyl (C=O) groups is 1. The number of aliphatic hydroxyl groups excluding tert-OH is 1. The summed E-state index contributed by atoms with van der Waals surface area (Å²) in [5, 5.41) is 11.7. The van der Waals surface area contributed by atoms with Crippen LogP contribution in [-0.2, 0) is 0 Å². The minimum absolute atomic E-state index is 0.00263. The van der Waals surface area contributed by atoms with E-state index in [0.29, 0.717) is 4.47 Å². The summed E-state index contributed by atoms with van der Waals surface area (Å²) in [6.07, 6.45) is 1.85. The molecule has 0 aromatic heterocycles. The van der Waals surface area contributed by atoms with Crippen molar-refractivity contribution >= 4 is 33.6 Å². The molecule has 18 heavy (non-hydrogen) atoms. The van der Waals surface area contributed by atoms with Crippen LogP contribution in [0.25, 0.3) is 0 Å². The molecule has 1 aromatic carbocycles. The zero-order valence-electron chi connectivity index (χ0n) is 10.1. The smallest absolute Gasteiger partial charge is 0.254 e. The SMILES string of the molecule is CSC(CO)C(C)NC(=O)c1ccc(Br)cc1F. The van der Waals surface area contributed by atoms with Crippen LogP contribution in [0.5, 0.6) is 0 Å². The number of carbonyl (C=O) groups excluding carboxylic acids is 1. The number of rotatable bonds is 5. The predicted octanol–water partition coefficient (Wildman–Crippen LogP) is 2.43. The molecule has 2 atom stereocenters. The van der Waals surface area contributed by atoms with E-state index in [1.165, 1.54) is 23.9 Å². The van der Waals surface area contributed by atoms with Crippen LogP contribution >= 0.6 is 27.7 Å². The number of aliphatic hydroxyl groups is 1. The Labute approximate surface area is 118 Å². The van der Waals surface area contributed by atoms with Gasteiger partial charge in [-0.05, 0) is 31.4 Å². The third-order valence-corrected chi connectivity index (χ3v) is 4.23. The first-order valence-corrected chi connectivity index (χ1v) is 7.47. The average molecular weight is 336 g/mol. The lowest BCUT2D eigenvalue weighted by atomic mass is 10.1. The molecule has 1 aromatic rings. The molecule has 0 fully saturated rings. The number of benzene rings is 1. The van der Waals surface area contributed by atoms with E-state index in [-0.39, 0.29) is 23.5 Å². The van der Waals surface area contributed by atoms with E-state index in [4.69, 9.17) is 5.11 Å². The van der Waals surface area contributed by atoms with Gasteiger partial charge in [-0.1, -0.05) is 15.9 Å². The molecule has 0 heterocycles. The summed E-state index contributed by atoms with van der Waals surface area (Å²) < 4.78 is 14.2. The Morgan fingerprint density at radius 1 is 1.61 bits per heavy atom. The number of hydrogen-bond donors (Lipinski definition) is 2. The quantitative estimate of drug-likeness (QED) is 0.868. The van der Waals surface area contributed by atoms with Gasteiger partial charge in [0.05, 0.1) is 12.2 Å². The topological polar surface area (TPSA) is 49.3 Å². The van der Waals surface area contributed by atoms with Gasteiger partial charge in [-0.15, -0.1) is 0 Å². The maximum absolute atomic E-state index is 13.6. The van der Waals surface area contributed by atoms with Gasteiger partial charge in [-0.3, -0.25) is 4.79 Å². The molecule has 0 radical (unpaired) electrons. The Bertz CT molecular complexity index is 427. The van der Waals surface area contributed by atoms with E-state index in [9.17, 15) is 9.18 Å². The van der Waals surface area contributed by atoms with E-state index in [2.05, 4.69) is 21.2 Å². The van der Waals surface area contributed by atoms with E-state index < -0.39 is 11.7 Å². The fourth-order valence-electron chi connectivity index (χ4n) is 1.49. The summed E-state index contributed by atoms with van der Waals surface area (Å²) in [5.74, 6) is -1.04. The molecule has 0 aliphatic rings. The van der Waals surface area contributed by atoms with Crippen LogP contribution in [0.15, 0.2) is 22.7 Å². The number of nitrogens with one attached hydrogen (secondary N) is 1. The number of thioether (sulfide) groups is 1. The highest BCUT2D eigenvalue weighted by Gasteiger charge is 2.19. The van der Waals surface area contributed by atoms with E-state index in [1.807, 2.05) is 6.26 Å². The van der Waals surface area contributed by atoms with Gasteiger partial charge in [-0.2, -0.15) is 11.8 Å². The molecule has 0 spiro atoms. The Hall–Kier alpha value is -0.590. The zero-order valence-corrected chi connectivity index (χ0v) is 12.5. The van der Waals surface area contributed by atoms with Crippen LogP contribution in [-0.4, -0.2) is 35.2 Å². The normalized spacial score (nSPS) is 14.1. The summed E-state index contributed by atoms with van der Waals surface area (Å²) in [6, 6.07) is 4.05. The minimum atomic E-state index is -0.571. The number of amides is 1. The van der Waals surface area contributed by atoms with Crippen LogP contribution in [0.4, 0.5) is 4.39 Å². The monoisotopic (exact) mass is 335 g/mol. The number of halogens is 2. The van der Waals surface area contributed by atoms with Gasteiger partial charge in [0.1, 0.15) is 5.82 Å². The van der Waals surface area contributed by atoms with E-state index in [0.717, 1.165) is 0 Å². The largest absolute Gasteiger partial charge is 0.395 e. The second-order valence-electron chi connectivity index (χ2n) is 3.84. The highest BCUT2D eigenvalue weighted by molar-refractivity contribution is 9.10. The summed E-state index contributed by atoms with van der Waals surface area (Å²) in [4.78, 5) is 11.9. The lowest BCUT2D eigenvalue weighted by Crippen LogP contribution is -2.41. The lowest BCUT2D eigenvalue weighted by Gasteiger charge is -2.21. The van der Waals surface area contributed by atoms with Crippen molar-refractivity contribution in [2.75, 3.05) is 12.9 Å². The second kappa shape index (κ2) is 7.11. The van der Waals surface area contributed by atoms with Crippen molar-refractivity contribution in [3.05, 3.63) is 34.1 Å². The summed E-state index contributed by atoms with van der Waals surface area (Å²) in [7, 11) is 0. The molecular formula is C12H15BrFNO2S. The van der Waals surface area contributed by atoms with Crippen molar-refractivity contribution in [3.63, 3.8) is 0 Å². The molecular weight excluding hydrogens is 321 g/mol. The Morgan fingerprint density at radius 2 is 2.28 bits per heavy atom. The summed E-state index contributed by atoms with van der Waals surface area (Å²) >= 11 is 4.59. The van der Waals surface area contributed by atoms with Crippen molar-refractivity contribution in [1.29, 1.82) is 0 Å². The maximum atomic E-state index is 13.6. The van der Waals surface area contributed by atoms with Gasteiger partial charge in [0.15, 0.2) is 0 Å². The first-order valence-electron chi connectivity index (χ1n) is 5.39. The second-order valence-corrected chi connectivity index (χ2v) is 5.84. The highest BCUT2D eigenvalue weighted by Crippen LogP contribution is 2.16. The van der Waals surface area contributed by atoms with Gasteiger partial charge < -0.3 is 10.4 Å². The predicted molar refractivity (Wildman–Crippen MR) is 75.4 cm³/mol. The average Bonchev–Trinajstić information content (AvgIpc) is 2.30. The van der Waals surface area contributed by atoms with Gasteiger partial charge in [0, 0.05) is 15.8 Å². The number of hydrogen-bond acceptors (Lipinski definition) is 3. The summed E-state index contributed by atoms with van der Waals surface area (Å²) in [5.41, 5.74) is 0.00263. The van der Waals surface area contributed by atoms with Crippen LogP contribution in [0.2, 0.25) is 0 Å².